The molecule has 1 aromatic rings. The Morgan fingerprint density at radius 1 is 1.30 bits per heavy atom. The van der Waals surface area contributed by atoms with Gasteiger partial charge in [-0.3, -0.25) is 0 Å². The minimum absolute atomic E-state index is 0.324. The van der Waals surface area contributed by atoms with E-state index in [0.717, 1.165) is 43.6 Å². The Bertz CT molecular complexity index is 398. The number of anilines is 1. The van der Waals surface area contributed by atoms with Crippen LogP contribution in [0.1, 0.15) is 39.3 Å². The molecular weight excluding hydrogens is 272 g/mol. The minimum atomic E-state index is 0.324. The van der Waals surface area contributed by atoms with E-state index in [1.54, 1.807) is 0 Å². The van der Waals surface area contributed by atoms with Crippen LogP contribution >= 0.6 is 11.6 Å². The Morgan fingerprint density at radius 3 is 2.60 bits per heavy atom. The van der Waals surface area contributed by atoms with Gasteiger partial charge in [-0.25, -0.2) is 0 Å². The van der Waals surface area contributed by atoms with Gasteiger partial charge < -0.3 is 15.0 Å². The monoisotopic (exact) mass is 298 g/mol. The Morgan fingerprint density at radius 2 is 2.05 bits per heavy atom. The van der Waals surface area contributed by atoms with Crippen LogP contribution in [0.4, 0.5) is 5.69 Å². The van der Waals surface area contributed by atoms with Crippen molar-refractivity contribution >= 4 is 17.3 Å². The lowest BCUT2D eigenvalue weighted by atomic mass is 10.1. The topological polar surface area (TPSA) is 24.5 Å². The van der Waals surface area contributed by atoms with Crippen LogP contribution in [0.2, 0.25) is 5.02 Å². The van der Waals surface area contributed by atoms with E-state index in [9.17, 15) is 0 Å². The van der Waals surface area contributed by atoms with Gasteiger partial charge >= 0.3 is 0 Å². The molecule has 20 heavy (non-hydrogen) atoms. The first-order valence-corrected chi connectivity index (χ1v) is 7.87. The van der Waals surface area contributed by atoms with E-state index >= 15 is 0 Å². The van der Waals surface area contributed by atoms with Crippen molar-refractivity contribution in [2.45, 2.75) is 33.7 Å². The summed E-state index contributed by atoms with van der Waals surface area (Å²) < 4.78 is 5.43. The van der Waals surface area contributed by atoms with Gasteiger partial charge in [0.05, 0.1) is 17.3 Å². The summed E-state index contributed by atoms with van der Waals surface area (Å²) in [4.78, 5) is 2.25. The third kappa shape index (κ3) is 4.97. The molecular formula is C16H27ClN2O. The maximum atomic E-state index is 6.45. The summed E-state index contributed by atoms with van der Waals surface area (Å²) in [5.41, 5.74) is 2.31. The predicted octanol–water partition coefficient (Wildman–Crippen LogP) is 3.87. The first kappa shape index (κ1) is 17.3. The molecule has 0 saturated heterocycles. The van der Waals surface area contributed by atoms with Crippen LogP contribution in [0, 0.1) is 0 Å². The highest BCUT2D eigenvalue weighted by atomic mass is 35.5. The molecule has 4 heteroatoms. The first-order valence-electron chi connectivity index (χ1n) is 7.49. The van der Waals surface area contributed by atoms with Crippen LogP contribution in [0.15, 0.2) is 18.2 Å². The van der Waals surface area contributed by atoms with Gasteiger partial charge in [0.2, 0.25) is 0 Å². The van der Waals surface area contributed by atoms with Crippen LogP contribution in [0.25, 0.3) is 0 Å². The van der Waals surface area contributed by atoms with E-state index in [1.807, 2.05) is 6.92 Å². The summed E-state index contributed by atoms with van der Waals surface area (Å²) >= 11 is 6.45. The Hall–Kier alpha value is -0.770. The van der Waals surface area contributed by atoms with E-state index in [1.165, 1.54) is 5.56 Å². The van der Waals surface area contributed by atoms with Crippen LogP contribution in [-0.2, 0) is 4.74 Å². The largest absolute Gasteiger partial charge is 0.380 e. The smallest absolute Gasteiger partial charge is 0.0642 e. The maximum absolute atomic E-state index is 6.45. The van der Waals surface area contributed by atoms with Crippen molar-refractivity contribution in [3.05, 3.63) is 28.8 Å². The number of nitrogens with zero attached hydrogens (tertiary/aromatic N) is 1. The van der Waals surface area contributed by atoms with Gasteiger partial charge in [-0.2, -0.15) is 0 Å². The average Bonchev–Trinajstić information content (AvgIpc) is 2.44. The predicted molar refractivity (Wildman–Crippen MR) is 87.9 cm³/mol. The molecule has 0 fully saturated rings. The highest BCUT2D eigenvalue weighted by Gasteiger charge is 2.11. The number of hydrogen-bond donors (Lipinski definition) is 1. The zero-order valence-electron chi connectivity index (χ0n) is 13.1. The summed E-state index contributed by atoms with van der Waals surface area (Å²) in [7, 11) is 0. The molecule has 0 aliphatic heterocycles. The van der Waals surface area contributed by atoms with Crippen molar-refractivity contribution in [2.75, 3.05) is 37.7 Å². The van der Waals surface area contributed by atoms with Crippen molar-refractivity contribution in [3.8, 4) is 0 Å². The third-order valence-corrected chi connectivity index (χ3v) is 3.72. The Balaban J connectivity index is 2.79. The molecule has 1 N–H and O–H groups in total. The van der Waals surface area contributed by atoms with Gasteiger partial charge in [-0.1, -0.05) is 24.6 Å². The van der Waals surface area contributed by atoms with E-state index in [-0.39, 0.29) is 0 Å². The summed E-state index contributed by atoms with van der Waals surface area (Å²) in [6.45, 7) is 12.6. The molecule has 0 spiro atoms. The quantitative estimate of drug-likeness (QED) is 0.700. The molecule has 1 unspecified atom stereocenters. The fourth-order valence-corrected chi connectivity index (χ4v) is 2.55. The summed E-state index contributed by atoms with van der Waals surface area (Å²) in [6, 6.07) is 6.65. The second-order valence-corrected chi connectivity index (χ2v) is 5.17. The molecule has 0 aromatic heterocycles. The van der Waals surface area contributed by atoms with Crippen molar-refractivity contribution in [3.63, 3.8) is 0 Å². The normalized spacial score (nSPS) is 12.4. The number of halogens is 1. The first-order chi connectivity index (χ1) is 9.63. The highest BCUT2D eigenvalue weighted by molar-refractivity contribution is 6.33. The molecule has 114 valence electrons. The number of benzene rings is 1. The van der Waals surface area contributed by atoms with E-state index in [2.05, 4.69) is 49.2 Å². The van der Waals surface area contributed by atoms with Crippen LogP contribution in [0.3, 0.4) is 0 Å². The standard InChI is InChI=1S/C16H27ClN2O/c1-5-18-13(4)14-8-9-16(15(17)12-14)19(6-2)10-11-20-7-3/h8-9,12-13,18H,5-7,10-11H2,1-4H3. The van der Waals surface area contributed by atoms with Gasteiger partial charge in [0.25, 0.3) is 0 Å². The number of hydrogen-bond acceptors (Lipinski definition) is 3. The summed E-state index contributed by atoms with van der Waals surface area (Å²) in [5.74, 6) is 0. The second-order valence-electron chi connectivity index (χ2n) is 4.77. The summed E-state index contributed by atoms with van der Waals surface area (Å²) in [5, 5.41) is 4.21. The van der Waals surface area contributed by atoms with Crippen molar-refractivity contribution in [1.82, 2.24) is 5.32 Å². The lowest BCUT2D eigenvalue weighted by Crippen LogP contribution is -2.27. The zero-order valence-corrected chi connectivity index (χ0v) is 13.8. The second kappa shape index (κ2) is 9.22. The van der Waals surface area contributed by atoms with Gasteiger partial charge in [-0.15, -0.1) is 0 Å². The van der Waals surface area contributed by atoms with Crippen molar-refractivity contribution in [2.24, 2.45) is 0 Å². The molecule has 1 aromatic carbocycles. The SMILES string of the molecule is CCNC(C)c1ccc(N(CC)CCOCC)c(Cl)c1. The molecule has 0 heterocycles. The maximum Gasteiger partial charge on any atom is 0.0642 e. The third-order valence-electron chi connectivity index (χ3n) is 3.41. The number of ether oxygens (including phenoxy) is 1. The van der Waals surface area contributed by atoms with Crippen LogP contribution in [0.5, 0.6) is 0 Å². The zero-order chi connectivity index (χ0) is 15.0. The van der Waals surface area contributed by atoms with Gasteiger partial charge in [-0.05, 0) is 45.0 Å². The molecule has 3 nitrogen and oxygen atoms in total. The van der Waals surface area contributed by atoms with Crippen molar-refractivity contribution in [1.29, 1.82) is 0 Å². The number of likely N-dealkylation sites (N-methyl/N-ethyl adjacent to an activating group) is 1. The van der Waals surface area contributed by atoms with Gasteiger partial charge in [0, 0.05) is 25.7 Å². The molecule has 0 radical (unpaired) electrons. The van der Waals surface area contributed by atoms with Gasteiger partial charge in [0.15, 0.2) is 0 Å². The van der Waals surface area contributed by atoms with Gasteiger partial charge in [0.1, 0.15) is 0 Å². The van der Waals surface area contributed by atoms with Crippen LogP contribution in [-0.4, -0.2) is 32.8 Å². The molecule has 0 bridgehead atoms. The van der Waals surface area contributed by atoms with E-state index in [0.29, 0.717) is 6.04 Å². The number of nitrogens with one attached hydrogen (secondary N) is 1. The van der Waals surface area contributed by atoms with Crippen molar-refractivity contribution < 1.29 is 4.74 Å². The molecule has 1 atom stereocenters. The minimum Gasteiger partial charge on any atom is -0.380 e. The molecule has 0 aliphatic rings. The number of rotatable bonds is 9. The highest BCUT2D eigenvalue weighted by Crippen LogP contribution is 2.28. The lowest BCUT2D eigenvalue weighted by Gasteiger charge is -2.25. The van der Waals surface area contributed by atoms with E-state index < -0.39 is 0 Å². The molecule has 0 aliphatic carbocycles. The Kier molecular flexibility index (Phi) is 7.97. The van der Waals surface area contributed by atoms with E-state index in [4.69, 9.17) is 16.3 Å². The summed E-state index contributed by atoms with van der Waals surface area (Å²) in [6.07, 6.45) is 0. The lowest BCUT2D eigenvalue weighted by molar-refractivity contribution is 0.154. The fraction of sp³-hybridized carbons (Fsp3) is 0.625. The van der Waals surface area contributed by atoms with Crippen LogP contribution < -0.4 is 10.2 Å². The molecule has 1 rings (SSSR count). The molecule has 0 saturated carbocycles. The molecule has 0 amide bonds. The Labute approximate surface area is 128 Å². The fourth-order valence-electron chi connectivity index (χ4n) is 2.24. The average molecular weight is 299 g/mol.